The highest BCUT2D eigenvalue weighted by atomic mass is 14.6. The molecule has 13 heavy (non-hydrogen) atoms. The summed E-state index contributed by atoms with van der Waals surface area (Å²) in [5.74, 6) is 3.18. The molecule has 2 fully saturated rings. The summed E-state index contributed by atoms with van der Waals surface area (Å²) in [4.78, 5) is 0. The Balaban J connectivity index is 1.92. The van der Waals surface area contributed by atoms with E-state index in [1.165, 1.54) is 32.1 Å². The minimum Gasteiger partial charge on any atom is -0.0654 e. The van der Waals surface area contributed by atoms with Crippen LogP contribution in [0.3, 0.4) is 0 Å². The zero-order chi connectivity index (χ0) is 9.47. The lowest BCUT2D eigenvalue weighted by atomic mass is 9.40. The van der Waals surface area contributed by atoms with Crippen molar-refractivity contribution in [1.29, 1.82) is 0 Å². The average Bonchev–Trinajstić information content (AvgIpc) is 2.09. The van der Waals surface area contributed by atoms with Crippen molar-refractivity contribution >= 4 is 0 Å². The van der Waals surface area contributed by atoms with Crippen LogP contribution in [0.5, 0.6) is 0 Å². The minimum absolute atomic E-state index is 0.829. The maximum Gasteiger partial charge on any atom is -0.0218 e. The topological polar surface area (TPSA) is 0 Å². The Bertz CT molecular complexity index is 178. The van der Waals surface area contributed by atoms with E-state index < -0.39 is 0 Å². The Labute approximate surface area is 83.1 Å². The van der Waals surface area contributed by atoms with Gasteiger partial charge in [0, 0.05) is 0 Å². The highest BCUT2D eigenvalue weighted by molar-refractivity contribution is 5.08. The van der Waals surface area contributed by atoms with Crippen LogP contribution in [0.1, 0.15) is 59.3 Å². The van der Waals surface area contributed by atoms with E-state index in [9.17, 15) is 0 Å². The maximum absolute atomic E-state index is 2.48. The fraction of sp³-hybridized carbons (Fsp3) is 1.00. The first kappa shape index (κ1) is 9.55. The van der Waals surface area contributed by atoms with E-state index >= 15 is 0 Å². The van der Waals surface area contributed by atoms with Crippen molar-refractivity contribution in [2.24, 2.45) is 23.2 Å². The first-order valence-electron chi connectivity index (χ1n) is 6.21. The van der Waals surface area contributed by atoms with Crippen LogP contribution in [0.2, 0.25) is 0 Å². The smallest absolute Gasteiger partial charge is 0.0218 e. The molecule has 4 atom stereocenters. The first-order chi connectivity index (χ1) is 6.21. The van der Waals surface area contributed by atoms with Gasteiger partial charge in [-0.1, -0.05) is 33.6 Å². The summed E-state index contributed by atoms with van der Waals surface area (Å²) in [6.07, 6.45) is 8.95. The van der Waals surface area contributed by atoms with Crippen molar-refractivity contribution < 1.29 is 0 Å². The molecular formula is C13H24. The Morgan fingerprint density at radius 3 is 2.38 bits per heavy atom. The Hall–Kier alpha value is 0. The van der Waals surface area contributed by atoms with Crippen molar-refractivity contribution in [3.8, 4) is 0 Å². The third-order valence-electron chi connectivity index (χ3n) is 5.15. The van der Waals surface area contributed by atoms with Gasteiger partial charge in [0.05, 0.1) is 0 Å². The summed E-state index contributed by atoms with van der Waals surface area (Å²) >= 11 is 0. The third kappa shape index (κ3) is 1.17. The molecular weight excluding hydrogens is 156 g/mol. The second-order valence-corrected chi connectivity index (χ2v) is 5.53. The Kier molecular flexibility index (Phi) is 2.42. The van der Waals surface area contributed by atoms with E-state index in [4.69, 9.17) is 0 Å². The molecule has 0 heterocycles. The highest BCUT2D eigenvalue weighted by Gasteiger charge is 2.59. The fourth-order valence-corrected chi connectivity index (χ4v) is 4.05. The van der Waals surface area contributed by atoms with Gasteiger partial charge in [0.15, 0.2) is 0 Å². The first-order valence-corrected chi connectivity index (χ1v) is 6.21. The molecule has 0 amide bonds. The summed E-state index contributed by atoms with van der Waals surface area (Å²) in [6, 6.07) is 0. The van der Waals surface area contributed by atoms with Crippen LogP contribution >= 0.6 is 0 Å². The maximum atomic E-state index is 2.48. The molecule has 0 heteroatoms. The lowest BCUT2D eigenvalue weighted by Crippen LogP contribution is -2.57. The molecule has 0 nitrogen and oxygen atoms in total. The monoisotopic (exact) mass is 180 g/mol. The lowest BCUT2D eigenvalue weighted by molar-refractivity contribution is -0.160. The zero-order valence-electron chi connectivity index (χ0n) is 9.47. The van der Waals surface area contributed by atoms with Gasteiger partial charge in [-0.05, 0) is 48.9 Å². The minimum atomic E-state index is 0.829. The van der Waals surface area contributed by atoms with Crippen molar-refractivity contribution in [1.82, 2.24) is 0 Å². The second kappa shape index (κ2) is 3.29. The van der Waals surface area contributed by atoms with Gasteiger partial charge < -0.3 is 0 Å². The zero-order valence-corrected chi connectivity index (χ0v) is 9.47. The SMILES string of the molecule is CCCCC1CC(C)C12CCC2C. The molecule has 2 rings (SSSR count). The molecule has 2 saturated carbocycles. The van der Waals surface area contributed by atoms with Crippen LogP contribution in [0, 0.1) is 23.2 Å². The van der Waals surface area contributed by atoms with Crippen LogP contribution in [0.4, 0.5) is 0 Å². The second-order valence-electron chi connectivity index (χ2n) is 5.53. The molecule has 0 radical (unpaired) electrons. The largest absolute Gasteiger partial charge is 0.0654 e. The molecule has 0 saturated heterocycles. The van der Waals surface area contributed by atoms with Gasteiger partial charge in [-0.2, -0.15) is 0 Å². The molecule has 0 bridgehead atoms. The summed E-state index contributed by atoms with van der Waals surface area (Å²) in [6.45, 7) is 7.29. The van der Waals surface area contributed by atoms with E-state index in [-0.39, 0.29) is 0 Å². The van der Waals surface area contributed by atoms with Gasteiger partial charge >= 0.3 is 0 Å². The number of unbranched alkanes of at least 4 members (excludes halogenated alkanes) is 1. The lowest BCUT2D eigenvalue weighted by Gasteiger charge is -2.65. The van der Waals surface area contributed by atoms with Crippen molar-refractivity contribution in [2.75, 3.05) is 0 Å². The number of rotatable bonds is 3. The Morgan fingerprint density at radius 1 is 1.23 bits per heavy atom. The predicted molar refractivity (Wildman–Crippen MR) is 57.6 cm³/mol. The molecule has 0 N–H and O–H groups in total. The molecule has 0 aromatic carbocycles. The molecule has 0 aromatic rings. The van der Waals surface area contributed by atoms with Crippen LogP contribution in [0.25, 0.3) is 0 Å². The predicted octanol–water partition coefficient (Wildman–Crippen LogP) is 4.25. The van der Waals surface area contributed by atoms with Gasteiger partial charge in [-0.25, -0.2) is 0 Å². The van der Waals surface area contributed by atoms with Crippen LogP contribution in [0.15, 0.2) is 0 Å². The van der Waals surface area contributed by atoms with Gasteiger partial charge in [-0.15, -0.1) is 0 Å². The van der Waals surface area contributed by atoms with Crippen LogP contribution in [-0.4, -0.2) is 0 Å². The normalized spacial score (nSPS) is 48.7. The van der Waals surface area contributed by atoms with Crippen molar-refractivity contribution in [2.45, 2.75) is 59.3 Å². The molecule has 2 aliphatic carbocycles. The van der Waals surface area contributed by atoms with E-state index in [2.05, 4.69) is 20.8 Å². The third-order valence-corrected chi connectivity index (χ3v) is 5.15. The van der Waals surface area contributed by atoms with Crippen LogP contribution in [-0.2, 0) is 0 Å². The molecule has 0 aliphatic heterocycles. The Morgan fingerprint density at radius 2 is 2.00 bits per heavy atom. The quantitative estimate of drug-likeness (QED) is 0.609. The van der Waals surface area contributed by atoms with Crippen molar-refractivity contribution in [3.05, 3.63) is 0 Å². The molecule has 2 aliphatic rings. The number of hydrogen-bond donors (Lipinski definition) is 0. The molecule has 76 valence electrons. The summed E-state index contributed by atoms with van der Waals surface area (Å²) in [5, 5.41) is 0. The molecule has 1 spiro atoms. The molecule has 4 unspecified atom stereocenters. The van der Waals surface area contributed by atoms with Crippen molar-refractivity contribution in [3.63, 3.8) is 0 Å². The summed E-state index contributed by atoms with van der Waals surface area (Å²) in [5.41, 5.74) is 0.829. The van der Waals surface area contributed by atoms with Gasteiger partial charge in [0.1, 0.15) is 0 Å². The van der Waals surface area contributed by atoms with E-state index in [1.807, 2.05) is 0 Å². The van der Waals surface area contributed by atoms with Crippen LogP contribution < -0.4 is 0 Å². The van der Waals surface area contributed by atoms with E-state index in [1.54, 1.807) is 6.42 Å². The van der Waals surface area contributed by atoms with E-state index in [0.717, 1.165) is 23.2 Å². The van der Waals surface area contributed by atoms with E-state index in [0.29, 0.717) is 0 Å². The average molecular weight is 180 g/mol. The number of hydrogen-bond acceptors (Lipinski definition) is 0. The van der Waals surface area contributed by atoms with Gasteiger partial charge in [-0.3, -0.25) is 0 Å². The molecule has 0 aromatic heterocycles. The fourth-order valence-electron chi connectivity index (χ4n) is 4.05. The summed E-state index contributed by atoms with van der Waals surface area (Å²) in [7, 11) is 0. The standard InChI is InChI=1S/C13H24/c1-4-5-6-12-9-11(3)13(12)8-7-10(13)2/h10-12H,4-9H2,1-3H3. The van der Waals surface area contributed by atoms with Gasteiger partial charge in [0.2, 0.25) is 0 Å². The summed E-state index contributed by atoms with van der Waals surface area (Å²) < 4.78 is 0. The van der Waals surface area contributed by atoms with Gasteiger partial charge in [0.25, 0.3) is 0 Å². The highest BCUT2D eigenvalue weighted by Crippen LogP contribution is 2.67.